The first-order chi connectivity index (χ1) is 11.7. The Morgan fingerprint density at radius 3 is 2.67 bits per heavy atom. The topological polar surface area (TPSA) is 72.7 Å². The van der Waals surface area contributed by atoms with Crippen molar-refractivity contribution in [1.82, 2.24) is 24.8 Å². The smallest absolute Gasteiger partial charge is 0.254 e. The number of rotatable bonds is 6. The molecule has 2 aromatic heterocycles. The molecule has 124 valence electrons. The molecule has 2 heterocycles. The van der Waals surface area contributed by atoms with E-state index in [2.05, 4.69) is 30.9 Å². The van der Waals surface area contributed by atoms with Crippen molar-refractivity contribution in [2.75, 3.05) is 6.54 Å². The molecule has 0 radical (unpaired) electrons. The zero-order chi connectivity index (χ0) is 16.9. The summed E-state index contributed by atoms with van der Waals surface area (Å²) < 4.78 is 2.11. The maximum atomic E-state index is 12.1. The zero-order valence-corrected chi connectivity index (χ0v) is 14.0. The number of hydrogen-bond acceptors (Lipinski definition) is 4. The minimum absolute atomic E-state index is 0.136. The number of aromatic nitrogens is 4. The van der Waals surface area contributed by atoms with Gasteiger partial charge in [-0.15, -0.1) is 0 Å². The number of imidazole rings is 1. The van der Waals surface area contributed by atoms with Crippen molar-refractivity contribution in [3.05, 3.63) is 53.9 Å². The number of para-hydroxylation sites is 2. The molecule has 3 aromatic rings. The molecule has 1 amide bonds. The van der Waals surface area contributed by atoms with Crippen LogP contribution in [0.1, 0.15) is 35.4 Å². The normalized spacial score (nSPS) is 10.9. The summed E-state index contributed by atoms with van der Waals surface area (Å²) in [5.74, 6) is 1.64. The van der Waals surface area contributed by atoms with Gasteiger partial charge in [0.15, 0.2) is 0 Å². The van der Waals surface area contributed by atoms with Gasteiger partial charge in [-0.3, -0.25) is 4.79 Å². The number of amides is 1. The van der Waals surface area contributed by atoms with E-state index in [1.54, 1.807) is 12.4 Å². The summed E-state index contributed by atoms with van der Waals surface area (Å²) in [6, 6.07) is 8.08. The van der Waals surface area contributed by atoms with E-state index in [1.165, 1.54) is 0 Å². The average molecular weight is 323 g/mol. The first-order valence-corrected chi connectivity index (χ1v) is 8.18. The first kappa shape index (κ1) is 16.1. The summed E-state index contributed by atoms with van der Waals surface area (Å²) in [5.41, 5.74) is 2.63. The second-order valence-corrected chi connectivity index (χ2v) is 5.68. The van der Waals surface area contributed by atoms with Crippen LogP contribution < -0.4 is 5.32 Å². The van der Waals surface area contributed by atoms with Gasteiger partial charge in [-0.25, -0.2) is 15.0 Å². The molecule has 0 saturated carbocycles. The Bertz CT molecular complexity index is 838. The van der Waals surface area contributed by atoms with Gasteiger partial charge in [-0.05, 0) is 18.6 Å². The van der Waals surface area contributed by atoms with Crippen molar-refractivity contribution in [1.29, 1.82) is 0 Å². The molecular formula is C18H21N5O. The highest BCUT2D eigenvalue weighted by Gasteiger charge is 2.08. The van der Waals surface area contributed by atoms with E-state index in [4.69, 9.17) is 0 Å². The summed E-state index contributed by atoms with van der Waals surface area (Å²) in [7, 11) is 2.02. The lowest BCUT2D eigenvalue weighted by atomic mass is 10.2. The largest absolute Gasteiger partial charge is 0.352 e. The molecular weight excluding hydrogens is 302 g/mol. The van der Waals surface area contributed by atoms with Gasteiger partial charge in [0.25, 0.3) is 5.91 Å². The van der Waals surface area contributed by atoms with Gasteiger partial charge in [0, 0.05) is 38.8 Å². The summed E-state index contributed by atoms with van der Waals surface area (Å²) in [6.07, 6.45) is 5.56. The van der Waals surface area contributed by atoms with E-state index in [9.17, 15) is 4.79 Å². The van der Waals surface area contributed by atoms with Crippen LogP contribution in [0, 0.1) is 0 Å². The Kier molecular flexibility index (Phi) is 4.84. The summed E-state index contributed by atoms with van der Waals surface area (Å²) >= 11 is 0. The number of nitrogens with one attached hydrogen (secondary N) is 1. The van der Waals surface area contributed by atoms with Crippen LogP contribution in [0.4, 0.5) is 0 Å². The van der Waals surface area contributed by atoms with Crippen LogP contribution in [0.25, 0.3) is 11.0 Å². The number of hydrogen-bond donors (Lipinski definition) is 1. The fourth-order valence-corrected chi connectivity index (χ4v) is 2.62. The lowest BCUT2D eigenvalue weighted by molar-refractivity contribution is 0.0952. The fourth-order valence-electron chi connectivity index (χ4n) is 2.62. The molecule has 0 spiro atoms. The standard InChI is InChI=1S/C18H21N5O/c1-3-16-20-11-13(12-21-16)18(24)19-10-6-9-17-22-14-7-4-5-8-15(14)23(17)2/h4-5,7-8,11-12H,3,6,9-10H2,1-2H3,(H,19,24). The highest BCUT2D eigenvalue weighted by molar-refractivity contribution is 5.93. The van der Waals surface area contributed by atoms with Crippen LogP contribution in [0.15, 0.2) is 36.7 Å². The molecule has 0 aliphatic carbocycles. The number of benzene rings is 1. The van der Waals surface area contributed by atoms with Gasteiger partial charge in [-0.2, -0.15) is 0 Å². The van der Waals surface area contributed by atoms with Crippen molar-refractivity contribution < 1.29 is 4.79 Å². The summed E-state index contributed by atoms with van der Waals surface area (Å²) in [5, 5.41) is 2.90. The zero-order valence-electron chi connectivity index (χ0n) is 14.0. The fraction of sp³-hybridized carbons (Fsp3) is 0.333. The van der Waals surface area contributed by atoms with Crippen LogP contribution in [-0.2, 0) is 19.9 Å². The molecule has 0 aliphatic rings. The molecule has 24 heavy (non-hydrogen) atoms. The third kappa shape index (κ3) is 3.42. The molecule has 6 heteroatoms. The predicted molar refractivity (Wildman–Crippen MR) is 92.8 cm³/mol. The monoisotopic (exact) mass is 323 g/mol. The number of carbonyl (C=O) groups is 1. The van der Waals surface area contributed by atoms with Crippen molar-refractivity contribution >= 4 is 16.9 Å². The van der Waals surface area contributed by atoms with Gasteiger partial charge in [0.1, 0.15) is 11.6 Å². The Morgan fingerprint density at radius 2 is 1.96 bits per heavy atom. The van der Waals surface area contributed by atoms with E-state index in [0.717, 1.165) is 41.9 Å². The van der Waals surface area contributed by atoms with Crippen LogP contribution in [0.3, 0.4) is 0 Å². The lowest BCUT2D eigenvalue weighted by Gasteiger charge is -2.05. The SMILES string of the molecule is CCc1ncc(C(=O)NCCCc2nc3ccccc3n2C)cn1. The molecule has 0 unspecified atom stereocenters. The van der Waals surface area contributed by atoms with Crippen LogP contribution >= 0.6 is 0 Å². The molecule has 0 saturated heterocycles. The van der Waals surface area contributed by atoms with E-state index >= 15 is 0 Å². The molecule has 1 aromatic carbocycles. The van der Waals surface area contributed by atoms with E-state index in [1.807, 2.05) is 32.2 Å². The quantitative estimate of drug-likeness (QED) is 0.706. The van der Waals surface area contributed by atoms with Crippen LogP contribution in [0.2, 0.25) is 0 Å². The van der Waals surface area contributed by atoms with E-state index in [0.29, 0.717) is 12.1 Å². The van der Waals surface area contributed by atoms with Gasteiger partial charge >= 0.3 is 0 Å². The molecule has 6 nitrogen and oxygen atoms in total. The average Bonchev–Trinajstić information content (AvgIpc) is 2.95. The van der Waals surface area contributed by atoms with Crippen LogP contribution in [-0.4, -0.2) is 32.0 Å². The molecule has 0 fully saturated rings. The molecule has 1 N–H and O–H groups in total. The highest BCUT2D eigenvalue weighted by Crippen LogP contribution is 2.15. The number of carbonyl (C=O) groups excluding carboxylic acids is 1. The van der Waals surface area contributed by atoms with Gasteiger partial charge < -0.3 is 9.88 Å². The molecule has 0 bridgehead atoms. The second kappa shape index (κ2) is 7.21. The summed E-state index contributed by atoms with van der Waals surface area (Å²) in [6.45, 7) is 2.58. The maximum absolute atomic E-state index is 12.1. The molecule has 0 atom stereocenters. The third-order valence-corrected chi connectivity index (χ3v) is 4.03. The minimum atomic E-state index is -0.136. The van der Waals surface area contributed by atoms with Crippen molar-refractivity contribution in [3.8, 4) is 0 Å². The second-order valence-electron chi connectivity index (χ2n) is 5.68. The lowest BCUT2D eigenvalue weighted by Crippen LogP contribution is -2.25. The van der Waals surface area contributed by atoms with Gasteiger partial charge in [-0.1, -0.05) is 19.1 Å². The number of nitrogens with zero attached hydrogens (tertiary/aromatic N) is 4. The molecule has 3 rings (SSSR count). The highest BCUT2D eigenvalue weighted by atomic mass is 16.1. The Balaban J connectivity index is 1.52. The first-order valence-electron chi connectivity index (χ1n) is 8.18. The van der Waals surface area contributed by atoms with Crippen molar-refractivity contribution in [2.45, 2.75) is 26.2 Å². The summed E-state index contributed by atoms with van der Waals surface area (Å²) in [4.78, 5) is 25.0. The van der Waals surface area contributed by atoms with Gasteiger partial charge in [0.2, 0.25) is 0 Å². The Hall–Kier alpha value is -2.76. The Morgan fingerprint density at radius 1 is 1.21 bits per heavy atom. The van der Waals surface area contributed by atoms with Gasteiger partial charge in [0.05, 0.1) is 16.6 Å². The molecule has 0 aliphatic heterocycles. The third-order valence-electron chi connectivity index (χ3n) is 4.03. The van der Waals surface area contributed by atoms with Crippen molar-refractivity contribution in [3.63, 3.8) is 0 Å². The number of aryl methyl sites for hydroxylation is 3. The predicted octanol–water partition coefficient (Wildman–Crippen LogP) is 2.29. The Labute approximate surface area is 141 Å². The van der Waals surface area contributed by atoms with Crippen molar-refractivity contribution in [2.24, 2.45) is 7.05 Å². The van der Waals surface area contributed by atoms with Crippen LogP contribution in [0.5, 0.6) is 0 Å². The maximum Gasteiger partial charge on any atom is 0.254 e. The van der Waals surface area contributed by atoms with E-state index in [-0.39, 0.29) is 5.91 Å². The van der Waals surface area contributed by atoms with E-state index < -0.39 is 0 Å². The minimum Gasteiger partial charge on any atom is -0.352 e. The number of fused-ring (bicyclic) bond motifs is 1.